The van der Waals surface area contributed by atoms with Crippen molar-refractivity contribution >= 4 is 5.91 Å². The molecule has 1 N–H and O–H groups in total. The minimum absolute atomic E-state index is 0.00116. The van der Waals surface area contributed by atoms with E-state index in [1.807, 2.05) is 11.8 Å². The maximum atomic E-state index is 11.7. The molecule has 0 aliphatic carbocycles. The fraction of sp³-hybridized carbons (Fsp3) is 0.900. The standard InChI is InChI=1S/C10H20N2O/c1-8(2)7-12-6-4-5-11-9(3)10(12)13/h8-9,11H,4-7H2,1-3H3. The van der Waals surface area contributed by atoms with Crippen molar-refractivity contribution in [1.82, 2.24) is 10.2 Å². The predicted molar refractivity (Wildman–Crippen MR) is 53.5 cm³/mol. The lowest BCUT2D eigenvalue weighted by molar-refractivity contribution is -0.132. The third-order valence-electron chi connectivity index (χ3n) is 2.32. The minimum atomic E-state index is 0.00116. The number of carbonyl (C=O) groups is 1. The van der Waals surface area contributed by atoms with Gasteiger partial charge in [-0.15, -0.1) is 0 Å². The predicted octanol–water partition coefficient (Wildman–Crippen LogP) is 0.853. The molecule has 0 spiro atoms. The zero-order chi connectivity index (χ0) is 9.84. The minimum Gasteiger partial charge on any atom is -0.341 e. The van der Waals surface area contributed by atoms with Crippen LogP contribution < -0.4 is 5.32 Å². The fourth-order valence-corrected chi connectivity index (χ4v) is 1.68. The van der Waals surface area contributed by atoms with Crippen LogP contribution in [0.25, 0.3) is 0 Å². The Morgan fingerprint density at radius 3 is 2.92 bits per heavy atom. The van der Waals surface area contributed by atoms with Gasteiger partial charge in [0.05, 0.1) is 6.04 Å². The lowest BCUT2D eigenvalue weighted by Crippen LogP contribution is -2.43. The first-order chi connectivity index (χ1) is 6.11. The number of carbonyl (C=O) groups excluding carboxylic acids is 1. The topological polar surface area (TPSA) is 32.3 Å². The lowest BCUT2D eigenvalue weighted by Gasteiger charge is -2.24. The van der Waals surface area contributed by atoms with Crippen LogP contribution in [0.4, 0.5) is 0 Å². The molecule has 1 aliphatic rings. The molecule has 13 heavy (non-hydrogen) atoms. The Morgan fingerprint density at radius 1 is 1.62 bits per heavy atom. The molecule has 1 fully saturated rings. The Kier molecular flexibility index (Phi) is 3.72. The molecule has 1 atom stereocenters. The van der Waals surface area contributed by atoms with Crippen LogP contribution in [-0.4, -0.2) is 36.5 Å². The molecule has 3 nitrogen and oxygen atoms in total. The summed E-state index contributed by atoms with van der Waals surface area (Å²) in [6.07, 6.45) is 1.07. The molecule has 0 radical (unpaired) electrons. The zero-order valence-corrected chi connectivity index (χ0v) is 8.84. The summed E-state index contributed by atoms with van der Waals surface area (Å²) in [5.41, 5.74) is 0. The van der Waals surface area contributed by atoms with Crippen LogP contribution in [0.3, 0.4) is 0 Å². The van der Waals surface area contributed by atoms with Crippen molar-refractivity contribution in [1.29, 1.82) is 0 Å². The van der Waals surface area contributed by atoms with Crippen LogP contribution in [0.5, 0.6) is 0 Å². The van der Waals surface area contributed by atoms with E-state index in [0.29, 0.717) is 5.92 Å². The molecule has 3 heteroatoms. The van der Waals surface area contributed by atoms with Gasteiger partial charge in [0.25, 0.3) is 0 Å². The monoisotopic (exact) mass is 184 g/mol. The van der Waals surface area contributed by atoms with Crippen molar-refractivity contribution in [3.8, 4) is 0 Å². The summed E-state index contributed by atoms with van der Waals surface area (Å²) in [7, 11) is 0. The van der Waals surface area contributed by atoms with Crippen molar-refractivity contribution < 1.29 is 4.79 Å². The Morgan fingerprint density at radius 2 is 2.31 bits per heavy atom. The van der Waals surface area contributed by atoms with Crippen LogP contribution in [0.2, 0.25) is 0 Å². The van der Waals surface area contributed by atoms with E-state index in [2.05, 4.69) is 19.2 Å². The van der Waals surface area contributed by atoms with Gasteiger partial charge in [0.2, 0.25) is 5.91 Å². The first-order valence-electron chi connectivity index (χ1n) is 5.13. The number of hydrogen-bond acceptors (Lipinski definition) is 2. The summed E-state index contributed by atoms with van der Waals surface area (Å²) in [6, 6.07) is 0.00116. The summed E-state index contributed by atoms with van der Waals surface area (Å²) in [5, 5.41) is 3.21. The second-order valence-electron chi connectivity index (χ2n) is 4.21. The van der Waals surface area contributed by atoms with Crippen LogP contribution >= 0.6 is 0 Å². The molecule has 0 aromatic rings. The van der Waals surface area contributed by atoms with Gasteiger partial charge in [-0.2, -0.15) is 0 Å². The molecule has 1 rings (SSSR count). The average molecular weight is 184 g/mol. The molecule has 0 aromatic carbocycles. The average Bonchev–Trinajstić information content (AvgIpc) is 2.19. The number of amides is 1. The van der Waals surface area contributed by atoms with Gasteiger partial charge < -0.3 is 10.2 Å². The van der Waals surface area contributed by atoms with Gasteiger partial charge in [0.1, 0.15) is 0 Å². The van der Waals surface area contributed by atoms with Crippen molar-refractivity contribution in [2.24, 2.45) is 5.92 Å². The number of hydrogen-bond donors (Lipinski definition) is 1. The number of rotatable bonds is 2. The maximum absolute atomic E-state index is 11.7. The van der Waals surface area contributed by atoms with Crippen molar-refractivity contribution in [2.75, 3.05) is 19.6 Å². The molecule has 1 saturated heterocycles. The highest BCUT2D eigenvalue weighted by atomic mass is 16.2. The van der Waals surface area contributed by atoms with E-state index in [1.54, 1.807) is 0 Å². The molecule has 1 heterocycles. The maximum Gasteiger partial charge on any atom is 0.239 e. The summed E-state index contributed by atoms with van der Waals surface area (Å²) < 4.78 is 0. The molecule has 1 amide bonds. The van der Waals surface area contributed by atoms with Gasteiger partial charge >= 0.3 is 0 Å². The van der Waals surface area contributed by atoms with E-state index in [9.17, 15) is 4.79 Å². The van der Waals surface area contributed by atoms with Crippen LogP contribution in [-0.2, 0) is 4.79 Å². The van der Waals surface area contributed by atoms with Gasteiger partial charge in [-0.05, 0) is 25.8 Å². The first-order valence-corrected chi connectivity index (χ1v) is 5.13. The van der Waals surface area contributed by atoms with E-state index in [4.69, 9.17) is 0 Å². The van der Waals surface area contributed by atoms with Gasteiger partial charge in [-0.1, -0.05) is 13.8 Å². The van der Waals surface area contributed by atoms with Crippen LogP contribution in [0.15, 0.2) is 0 Å². The quantitative estimate of drug-likeness (QED) is 0.690. The summed E-state index contributed by atoms with van der Waals surface area (Å²) in [5.74, 6) is 0.820. The highest BCUT2D eigenvalue weighted by Crippen LogP contribution is 2.05. The van der Waals surface area contributed by atoms with Gasteiger partial charge in [-0.25, -0.2) is 0 Å². The largest absolute Gasteiger partial charge is 0.341 e. The third kappa shape index (κ3) is 2.99. The second-order valence-corrected chi connectivity index (χ2v) is 4.21. The molecule has 1 aliphatic heterocycles. The molecule has 76 valence electrons. The Labute approximate surface area is 80.5 Å². The number of nitrogens with zero attached hydrogens (tertiary/aromatic N) is 1. The smallest absolute Gasteiger partial charge is 0.239 e. The fourth-order valence-electron chi connectivity index (χ4n) is 1.68. The highest BCUT2D eigenvalue weighted by Gasteiger charge is 2.22. The Bertz CT molecular complexity index is 180. The van der Waals surface area contributed by atoms with E-state index >= 15 is 0 Å². The van der Waals surface area contributed by atoms with E-state index in [1.165, 1.54) is 0 Å². The summed E-state index contributed by atoms with van der Waals surface area (Å²) >= 11 is 0. The summed E-state index contributed by atoms with van der Waals surface area (Å²) in [4.78, 5) is 13.7. The molecule has 0 bridgehead atoms. The van der Waals surface area contributed by atoms with E-state index < -0.39 is 0 Å². The van der Waals surface area contributed by atoms with Crippen molar-refractivity contribution in [3.63, 3.8) is 0 Å². The van der Waals surface area contributed by atoms with Crippen molar-refractivity contribution in [3.05, 3.63) is 0 Å². The van der Waals surface area contributed by atoms with E-state index in [0.717, 1.165) is 26.1 Å². The van der Waals surface area contributed by atoms with Gasteiger partial charge in [-0.3, -0.25) is 4.79 Å². The second kappa shape index (κ2) is 4.61. The summed E-state index contributed by atoms with van der Waals surface area (Å²) in [6.45, 7) is 9.01. The molecule has 0 saturated carbocycles. The van der Waals surface area contributed by atoms with Crippen LogP contribution in [0, 0.1) is 5.92 Å². The molecular weight excluding hydrogens is 164 g/mol. The Hall–Kier alpha value is -0.570. The van der Waals surface area contributed by atoms with Crippen molar-refractivity contribution in [2.45, 2.75) is 33.2 Å². The first kappa shape index (κ1) is 10.5. The van der Waals surface area contributed by atoms with Gasteiger partial charge in [0.15, 0.2) is 0 Å². The lowest BCUT2D eigenvalue weighted by atomic mass is 10.2. The Balaban J connectivity index is 2.54. The SMILES string of the molecule is CC(C)CN1CCCNC(C)C1=O. The zero-order valence-electron chi connectivity index (χ0n) is 8.84. The number of nitrogens with one attached hydrogen (secondary N) is 1. The third-order valence-corrected chi connectivity index (χ3v) is 2.32. The van der Waals surface area contributed by atoms with Gasteiger partial charge in [0, 0.05) is 13.1 Å². The molecule has 0 aromatic heterocycles. The molecular formula is C10H20N2O. The van der Waals surface area contributed by atoms with Crippen LogP contribution in [0.1, 0.15) is 27.2 Å². The molecule has 1 unspecified atom stereocenters. The van der Waals surface area contributed by atoms with E-state index in [-0.39, 0.29) is 11.9 Å². The normalized spacial score (nSPS) is 25.1. The highest BCUT2D eigenvalue weighted by molar-refractivity contribution is 5.81.